The van der Waals surface area contributed by atoms with Crippen LogP contribution in [0.4, 0.5) is 5.82 Å². The summed E-state index contributed by atoms with van der Waals surface area (Å²) in [7, 11) is 0. The van der Waals surface area contributed by atoms with E-state index >= 15 is 0 Å². The maximum absolute atomic E-state index is 4.53. The molecule has 0 bridgehead atoms. The van der Waals surface area contributed by atoms with Crippen molar-refractivity contribution in [1.82, 2.24) is 15.2 Å². The molecule has 0 atom stereocenters. The van der Waals surface area contributed by atoms with Crippen molar-refractivity contribution in [3.63, 3.8) is 0 Å². The van der Waals surface area contributed by atoms with Crippen molar-refractivity contribution in [1.29, 1.82) is 0 Å². The molecule has 6 heteroatoms. The molecule has 0 saturated carbocycles. The number of benzene rings is 2. The average Bonchev–Trinajstić information content (AvgIpc) is 3.11. The van der Waals surface area contributed by atoms with Gasteiger partial charge in [-0.25, -0.2) is 4.98 Å². The number of halogens is 1. The van der Waals surface area contributed by atoms with Crippen LogP contribution in [0.1, 0.15) is 5.56 Å². The lowest BCUT2D eigenvalue weighted by Gasteiger charge is -2.02. The zero-order valence-electron chi connectivity index (χ0n) is 13.1. The molecule has 2 N–H and O–H groups in total. The summed E-state index contributed by atoms with van der Waals surface area (Å²) in [5, 5.41) is 12.5. The lowest BCUT2D eigenvalue weighted by Crippen LogP contribution is -1.94. The Morgan fingerprint density at radius 1 is 1.00 bits per heavy atom. The predicted molar refractivity (Wildman–Crippen MR) is 105 cm³/mol. The normalized spacial score (nSPS) is 11.2. The minimum Gasteiger partial charge on any atom is -0.277 e. The van der Waals surface area contributed by atoms with Crippen molar-refractivity contribution >= 4 is 38.9 Å². The van der Waals surface area contributed by atoms with E-state index < -0.39 is 0 Å². The summed E-state index contributed by atoms with van der Waals surface area (Å²) in [4.78, 5) is 4.53. The highest BCUT2D eigenvalue weighted by Crippen LogP contribution is 2.22. The van der Waals surface area contributed by atoms with Gasteiger partial charge in [-0.2, -0.15) is 10.2 Å². The fraction of sp³-hybridized carbons (Fsp3) is 0. The average molecular weight is 392 g/mol. The van der Waals surface area contributed by atoms with Gasteiger partial charge in [0.05, 0.1) is 23.6 Å². The second-order valence-electron chi connectivity index (χ2n) is 5.47. The Labute approximate surface area is 152 Å². The van der Waals surface area contributed by atoms with Gasteiger partial charge in [-0.05, 0) is 30.3 Å². The first-order valence-corrected chi connectivity index (χ1v) is 8.53. The van der Waals surface area contributed by atoms with Crippen molar-refractivity contribution in [2.45, 2.75) is 0 Å². The third kappa shape index (κ3) is 3.44. The zero-order valence-corrected chi connectivity index (χ0v) is 14.7. The highest BCUT2D eigenvalue weighted by molar-refractivity contribution is 9.10. The van der Waals surface area contributed by atoms with E-state index in [4.69, 9.17) is 0 Å². The van der Waals surface area contributed by atoms with Crippen LogP contribution in [0.15, 0.2) is 76.4 Å². The molecular formula is C19H14BrN5. The largest absolute Gasteiger partial charge is 0.277 e. The molecule has 25 heavy (non-hydrogen) atoms. The van der Waals surface area contributed by atoms with Gasteiger partial charge in [0.2, 0.25) is 0 Å². The van der Waals surface area contributed by atoms with Gasteiger partial charge in [0, 0.05) is 21.0 Å². The Kier molecular flexibility index (Phi) is 4.26. The van der Waals surface area contributed by atoms with Crippen LogP contribution in [-0.4, -0.2) is 21.4 Å². The van der Waals surface area contributed by atoms with Gasteiger partial charge in [-0.3, -0.25) is 10.5 Å². The Morgan fingerprint density at radius 3 is 2.72 bits per heavy atom. The molecule has 0 aliphatic rings. The second kappa shape index (κ2) is 6.86. The van der Waals surface area contributed by atoms with Crippen molar-refractivity contribution in [3.8, 4) is 11.3 Å². The molecule has 4 aromatic rings. The van der Waals surface area contributed by atoms with Crippen molar-refractivity contribution in [2.75, 3.05) is 5.43 Å². The first kappa shape index (κ1) is 15.5. The minimum atomic E-state index is 0.698. The van der Waals surface area contributed by atoms with Crippen LogP contribution in [0.25, 0.3) is 22.2 Å². The molecular weight excluding hydrogens is 378 g/mol. The lowest BCUT2D eigenvalue weighted by atomic mass is 10.1. The molecule has 2 aromatic heterocycles. The van der Waals surface area contributed by atoms with E-state index in [-0.39, 0.29) is 0 Å². The Balaban J connectivity index is 1.54. The number of nitrogens with zero attached hydrogens (tertiary/aromatic N) is 3. The van der Waals surface area contributed by atoms with E-state index in [1.54, 1.807) is 12.4 Å². The number of rotatable bonds is 4. The van der Waals surface area contributed by atoms with E-state index in [0.717, 1.165) is 32.2 Å². The standard InChI is InChI=1S/C19H14BrN5/c20-16-8-5-14(6-9-16)19-15(12-22-25-19)11-21-24-18-10-7-13-3-1-2-4-17(13)23-18/h1-12H,(H,22,25)(H,23,24)/b21-11-. The summed E-state index contributed by atoms with van der Waals surface area (Å²) >= 11 is 3.44. The number of hydrazone groups is 1. The highest BCUT2D eigenvalue weighted by atomic mass is 79.9. The maximum atomic E-state index is 4.53. The van der Waals surface area contributed by atoms with E-state index in [1.807, 2.05) is 60.7 Å². The SMILES string of the molecule is Brc1ccc(-c2[nH]ncc2/C=N\Nc2ccc3ccccc3n2)cc1. The van der Waals surface area contributed by atoms with Crippen LogP contribution in [-0.2, 0) is 0 Å². The monoisotopic (exact) mass is 391 g/mol. The molecule has 0 spiro atoms. The number of nitrogens with one attached hydrogen (secondary N) is 2. The van der Waals surface area contributed by atoms with Crippen molar-refractivity contribution in [3.05, 3.63) is 76.9 Å². The first-order chi connectivity index (χ1) is 12.3. The number of hydrogen-bond acceptors (Lipinski definition) is 4. The summed E-state index contributed by atoms with van der Waals surface area (Å²) < 4.78 is 1.04. The molecule has 5 nitrogen and oxygen atoms in total. The van der Waals surface area contributed by atoms with E-state index in [2.05, 4.69) is 41.6 Å². The van der Waals surface area contributed by atoms with Crippen LogP contribution in [0, 0.1) is 0 Å². The van der Waals surface area contributed by atoms with Gasteiger partial charge in [0.15, 0.2) is 0 Å². The van der Waals surface area contributed by atoms with Crippen LogP contribution < -0.4 is 5.43 Å². The van der Waals surface area contributed by atoms with Crippen LogP contribution in [0.3, 0.4) is 0 Å². The number of aromatic amines is 1. The predicted octanol–water partition coefficient (Wildman–Crippen LogP) is 4.83. The molecule has 0 saturated heterocycles. The Bertz CT molecular complexity index is 1040. The van der Waals surface area contributed by atoms with Crippen LogP contribution >= 0.6 is 15.9 Å². The summed E-state index contributed by atoms with van der Waals surface area (Å²) in [5.41, 5.74) is 6.77. The summed E-state index contributed by atoms with van der Waals surface area (Å²) in [6.45, 7) is 0. The van der Waals surface area contributed by atoms with Crippen LogP contribution in [0.2, 0.25) is 0 Å². The fourth-order valence-corrected chi connectivity index (χ4v) is 2.80. The molecule has 4 rings (SSSR count). The molecule has 0 aliphatic carbocycles. The van der Waals surface area contributed by atoms with Gasteiger partial charge in [-0.1, -0.05) is 46.3 Å². The van der Waals surface area contributed by atoms with E-state index in [1.165, 1.54) is 0 Å². The number of fused-ring (bicyclic) bond motifs is 1. The van der Waals surface area contributed by atoms with Gasteiger partial charge in [0.1, 0.15) is 5.82 Å². The van der Waals surface area contributed by atoms with E-state index in [9.17, 15) is 0 Å². The molecule has 0 unspecified atom stereocenters. The topological polar surface area (TPSA) is 66.0 Å². The molecule has 0 aliphatic heterocycles. The highest BCUT2D eigenvalue weighted by Gasteiger charge is 2.05. The second-order valence-corrected chi connectivity index (χ2v) is 6.38. The van der Waals surface area contributed by atoms with Gasteiger partial charge < -0.3 is 0 Å². The smallest absolute Gasteiger partial charge is 0.146 e. The van der Waals surface area contributed by atoms with Crippen molar-refractivity contribution < 1.29 is 0 Å². The van der Waals surface area contributed by atoms with Crippen molar-refractivity contribution in [2.24, 2.45) is 5.10 Å². The maximum Gasteiger partial charge on any atom is 0.146 e. The zero-order chi connectivity index (χ0) is 17.1. The number of pyridine rings is 1. The summed E-state index contributed by atoms with van der Waals surface area (Å²) in [6, 6.07) is 19.9. The minimum absolute atomic E-state index is 0.698. The number of aromatic nitrogens is 3. The summed E-state index contributed by atoms with van der Waals surface area (Å²) in [6.07, 6.45) is 3.48. The summed E-state index contributed by atoms with van der Waals surface area (Å²) in [5.74, 6) is 0.698. The fourth-order valence-electron chi connectivity index (χ4n) is 2.54. The number of para-hydroxylation sites is 1. The van der Waals surface area contributed by atoms with Gasteiger partial charge >= 0.3 is 0 Å². The lowest BCUT2D eigenvalue weighted by molar-refractivity contribution is 1.10. The molecule has 122 valence electrons. The Morgan fingerprint density at radius 2 is 1.84 bits per heavy atom. The molecule has 2 aromatic carbocycles. The van der Waals surface area contributed by atoms with E-state index in [0.29, 0.717) is 5.82 Å². The van der Waals surface area contributed by atoms with Crippen LogP contribution in [0.5, 0.6) is 0 Å². The quantitative estimate of drug-likeness (QED) is 0.386. The first-order valence-electron chi connectivity index (χ1n) is 7.74. The molecule has 0 fully saturated rings. The number of anilines is 1. The van der Waals surface area contributed by atoms with Gasteiger partial charge in [0.25, 0.3) is 0 Å². The molecule has 0 amide bonds. The third-order valence-corrected chi connectivity index (χ3v) is 4.31. The number of H-pyrrole nitrogens is 1. The molecule has 2 heterocycles. The van der Waals surface area contributed by atoms with Gasteiger partial charge in [-0.15, -0.1) is 0 Å². The number of hydrogen-bond donors (Lipinski definition) is 2. The third-order valence-electron chi connectivity index (χ3n) is 3.78. The Hall–Kier alpha value is -2.99. The molecule has 0 radical (unpaired) electrons.